The lowest BCUT2D eigenvalue weighted by molar-refractivity contribution is -0.116. The minimum atomic E-state index is -3.22. The molecule has 7 heteroatoms. The first kappa shape index (κ1) is 18.4. The Morgan fingerprint density at radius 3 is 2.75 bits per heavy atom. The predicted octanol–water partition coefficient (Wildman–Crippen LogP) is 2.67. The Kier molecular flexibility index (Phi) is 6.28. The summed E-state index contributed by atoms with van der Waals surface area (Å²) in [5, 5.41) is 3.38. The number of hydrogen-bond donors (Lipinski definition) is 2. The van der Waals surface area contributed by atoms with Gasteiger partial charge in [-0.05, 0) is 51.0 Å². The molecule has 0 spiro atoms. The van der Waals surface area contributed by atoms with Crippen LogP contribution in [0.5, 0.6) is 0 Å². The van der Waals surface area contributed by atoms with Crippen molar-refractivity contribution in [3.8, 4) is 0 Å². The molecule has 1 aromatic heterocycles. The van der Waals surface area contributed by atoms with Crippen LogP contribution in [-0.4, -0.2) is 31.1 Å². The van der Waals surface area contributed by atoms with E-state index in [-0.39, 0.29) is 5.91 Å². The number of benzene rings is 1. The van der Waals surface area contributed by atoms with Crippen molar-refractivity contribution in [2.45, 2.75) is 38.4 Å². The van der Waals surface area contributed by atoms with Gasteiger partial charge in [0.05, 0.1) is 10.8 Å². The summed E-state index contributed by atoms with van der Waals surface area (Å²) in [6.07, 6.45) is 3.34. The molecule has 0 bridgehead atoms. The summed E-state index contributed by atoms with van der Waals surface area (Å²) in [6.45, 7) is 3.62. The fourth-order valence-electron chi connectivity index (χ4n) is 2.17. The van der Waals surface area contributed by atoms with E-state index in [2.05, 4.69) is 15.0 Å². The van der Waals surface area contributed by atoms with Crippen molar-refractivity contribution in [2.24, 2.45) is 0 Å². The van der Waals surface area contributed by atoms with Crippen LogP contribution in [0.25, 0.3) is 10.9 Å². The smallest absolute Gasteiger partial charge is 0.224 e. The Morgan fingerprint density at radius 2 is 2.00 bits per heavy atom. The molecular formula is C17H23N3O3S. The summed E-state index contributed by atoms with van der Waals surface area (Å²) in [5.41, 5.74) is 1.62. The van der Waals surface area contributed by atoms with E-state index in [0.29, 0.717) is 25.8 Å². The van der Waals surface area contributed by atoms with E-state index in [1.807, 2.05) is 30.3 Å². The van der Waals surface area contributed by atoms with Crippen LogP contribution in [-0.2, 0) is 14.8 Å². The number of aromatic nitrogens is 1. The lowest BCUT2D eigenvalue weighted by atomic mass is 10.2. The number of carbonyl (C=O) groups excluding carboxylic acids is 1. The number of nitrogens with zero attached hydrogens (tertiary/aromatic N) is 1. The van der Waals surface area contributed by atoms with Gasteiger partial charge in [0.2, 0.25) is 15.9 Å². The van der Waals surface area contributed by atoms with Crippen LogP contribution in [0.1, 0.15) is 33.1 Å². The molecule has 1 aromatic carbocycles. The number of nitrogens with one attached hydrogen (secondary N) is 2. The van der Waals surface area contributed by atoms with Gasteiger partial charge in [-0.25, -0.2) is 13.1 Å². The van der Waals surface area contributed by atoms with Crippen LogP contribution in [0.2, 0.25) is 0 Å². The van der Waals surface area contributed by atoms with Gasteiger partial charge in [0.1, 0.15) is 0 Å². The summed E-state index contributed by atoms with van der Waals surface area (Å²) in [7, 11) is -3.22. The highest BCUT2D eigenvalue weighted by molar-refractivity contribution is 7.90. The molecule has 0 saturated heterocycles. The van der Waals surface area contributed by atoms with Crippen LogP contribution in [0.4, 0.5) is 5.69 Å². The number of hydrogen-bond acceptors (Lipinski definition) is 4. The highest BCUT2D eigenvalue weighted by Gasteiger charge is 2.14. The quantitative estimate of drug-likeness (QED) is 0.717. The standard InChI is InChI=1S/C17H23N3O3S/c1-13(2)24(22,23)19-11-4-3-7-17(21)20-15-8-9-16-14(12-15)6-5-10-18-16/h5-6,8-10,12-13,19H,3-4,7,11H2,1-2H3,(H,20,21). The second-order valence-electron chi connectivity index (χ2n) is 5.90. The van der Waals surface area contributed by atoms with Gasteiger partial charge in [-0.1, -0.05) is 6.07 Å². The third-order valence-corrected chi connectivity index (χ3v) is 5.49. The molecule has 0 atom stereocenters. The topological polar surface area (TPSA) is 88.2 Å². The van der Waals surface area contributed by atoms with Crippen molar-refractivity contribution in [2.75, 3.05) is 11.9 Å². The number of unbranched alkanes of at least 4 members (excludes halogenated alkanes) is 1. The van der Waals surface area contributed by atoms with Crippen LogP contribution >= 0.6 is 0 Å². The minimum absolute atomic E-state index is 0.0787. The van der Waals surface area contributed by atoms with Gasteiger partial charge in [0.25, 0.3) is 0 Å². The van der Waals surface area contributed by atoms with Crippen molar-refractivity contribution in [3.05, 3.63) is 36.5 Å². The van der Waals surface area contributed by atoms with Crippen molar-refractivity contribution in [3.63, 3.8) is 0 Å². The van der Waals surface area contributed by atoms with Crippen molar-refractivity contribution in [1.82, 2.24) is 9.71 Å². The Balaban J connectivity index is 1.75. The van der Waals surface area contributed by atoms with E-state index in [9.17, 15) is 13.2 Å². The Labute approximate surface area is 142 Å². The number of fused-ring (bicyclic) bond motifs is 1. The van der Waals surface area contributed by atoms with Gasteiger partial charge >= 0.3 is 0 Å². The van der Waals surface area contributed by atoms with Gasteiger partial charge in [0.15, 0.2) is 0 Å². The average Bonchev–Trinajstić information content (AvgIpc) is 2.54. The lowest BCUT2D eigenvalue weighted by Crippen LogP contribution is -2.31. The number of amides is 1. The molecule has 0 aliphatic carbocycles. The molecule has 0 fully saturated rings. The molecule has 130 valence electrons. The van der Waals surface area contributed by atoms with Crippen LogP contribution in [0.15, 0.2) is 36.5 Å². The van der Waals surface area contributed by atoms with Gasteiger partial charge in [0, 0.05) is 30.2 Å². The van der Waals surface area contributed by atoms with E-state index in [1.54, 1.807) is 20.0 Å². The average molecular weight is 349 g/mol. The largest absolute Gasteiger partial charge is 0.326 e. The second-order valence-corrected chi connectivity index (χ2v) is 8.23. The molecule has 0 unspecified atom stereocenters. The SMILES string of the molecule is CC(C)S(=O)(=O)NCCCCC(=O)Nc1ccc2ncccc2c1. The molecule has 2 rings (SSSR count). The lowest BCUT2D eigenvalue weighted by Gasteiger charge is -2.09. The number of sulfonamides is 1. The molecule has 1 amide bonds. The monoisotopic (exact) mass is 349 g/mol. The normalized spacial score (nSPS) is 11.8. The molecule has 6 nitrogen and oxygen atoms in total. The number of anilines is 1. The summed E-state index contributed by atoms with van der Waals surface area (Å²) in [4.78, 5) is 16.2. The molecule has 2 N–H and O–H groups in total. The minimum Gasteiger partial charge on any atom is -0.326 e. The first-order chi connectivity index (χ1) is 11.4. The van der Waals surface area contributed by atoms with Gasteiger partial charge in [-0.2, -0.15) is 0 Å². The fraction of sp³-hybridized carbons (Fsp3) is 0.412. The van der Waals surface area contributed by atoms with E-state index in [4.69, 9.17) is 0 Å². The van der Waals surface area contributed by atoms with Gasteiger partial charge in [-0.3, -0.25) is 9.78 Å². The maximum Gasteiger partial charge on any atom is 0.224 e. The van der Waals surface area contributed by atoms with E-state index >= 15 is 0 Å². The van der Waals surface area contributed by atoms with E-state index < -0.39 is 15.3 Å². The van der Waals surface area contributed by atoms with Crippen molar-refractivity contribution in [1.29, 1.82) is 0 Å². The molecule has 0 aliphatic heterocycles. The number of carbonyl (C=O) groups is 1. The highest BCUT2D eigenvalue weighted by Crippen LogP contribution is 2.17. The summed E-state index contributed by atoms with van der Waals surface area (Å²) in [5.74, 6) is -0.0787. The first-order valence-electron chi connectivity index (χ1n) is 8.01. The Hall–Kier alpha value is -1.99. The van der Waals surface area contributed by atoms with Gasteiger partial charge < -0.3 is 5.32 Å². The van der Waals surface area contributed by atoms with E-state index in [0.717, 1.165) is 16.6 Å². The van der Waals surface area contributed by atoms with Crippen LogP contribution in [0.3, 0.4) is 0 Å². The maximum absolute atomic E-state index is 12.0. The fourth-order valence-corrected chi connectivity index (χ4v) is 2.93. The summed E-state index contributed by atoms with van der Waals surface area (Å²) in [6, 6.07) is 9.37. The number of pyridine rings is 1. The molecule has 1 heterocycles. The first-order valence-corrected chi connectivity index (χ1v) is 9.56. The van der Waals surface area contributed by atoms with Gasteiger partial charge in [-0.15, -0.1) is 0 Å². The predicted molar refractivity (Wildman–Crippen MR) is 96.3 cm³/mol. The Morgan fingerprint density at radius 1 is 1.21 bits per heavy atom. The summed E-state index contributed by atoms with van der Waals surface area (Å²) < 4.78 is 25.7. The molecule has 0 saturated carbocycles. The zero-order valence-electron chi connectivity index (χ0n) is 14.0. The van der Waals surface area contributed by atoms with E-state index in [1.165, 1.54) is 0 Å². The maximum atomic E-state index is 12.0. The van der Waals surface area contributed by atoms with Crippen molar-refractivity contribution < 1.29 is 13.2 Å². The van der Waals surface area contributed by atoms with Crippen LogP contribution in [0, 0.1) is 0 Å². The van der Waals surface area contributed by atoms with Crippen molar-refractivity contribution >= 4 is 32.5 Å². The zero-order chi connectivity index (χ0) is 17.6. The number of rotatable bonds is 8. The summed E-state index contributed by atoms with van der Waals surface area (Å²) >= 11 is 0. The second kappa shape index (κ2) is 8.21. The Bertz CT molecular complexity index is 804. The molecular weight excluding hydrogens is 326 g/mol. The zero-order valence-corrected chi connectivity index (χ0v) is 14.8. The molecule has 0 radical (unpaired) electrons. The molecule has 24 heavy (non-hydrogen) atoms. The molecule has 2 aromatic rings. The third-order valence-electron chi connectivity index (χ3n) is 3.64. The van der Waals surface area contributed by atoms with Crippen LogP contribution < -0.4 is 10.0 Å². The molecule has 0 aliphatic rings. The highest BCUT2D eigenvalue weighted by atomic mass is 32.2. The third kappa shape index (κ3) is 5.28.